The third-order valence-corrected chi connectivity index (χ3v) is 4.07. The molecule has 21 heavy (non-hydrogen) atoms. The Morgan fingerprint density at radius 3 is 2.57 bits per heavy atom. The number of amides is 1. The van der Waals surface area contributed by atoms with Crippen LogP contribution in [0.4, 0.5) is 20.2 Å². The fourth-order valence-electron chi connectivity index (χ4n) is 1.94. The van der Waals surface area contributed by atoms with Gasteiger partial charge < -0.3 is 11.1 Å². The highest BCUT2D eigenvalue weighted by atomic mass is 32.1. The molecule has 0 saturated carbocycles. The molecule has 3 aromatic rings. The second kappa shape index (κ2) is 5.14. The Bertz CT molecular complexity index is 845. The van der Waals surface area contributed by atoms with Crippen molar-refractivity contribution in [3.05, 3.63) is 59.0 Å². The molecule has 0 unspecified atom stereocenters. The summed E-state index contributed by atoms with van der Waals surface area (Å²) in [6.07, 6.45) is 0. The summed E-state index contributed by atoms with van der Waals surface area (Å²) in [7, 11) is 0. The van der Waals surface area contributed by atoms with E-state index >= 15 is 0 Å². The van der Waals surface area contributed by atoms with Crippen molar-refractivity contribution in [1.29, 1.82) is 0 Å². The maximum Gasteiger partial charge on any atom is 0.265 e. The van der Waals surface area contributed by atoms with E-state index in [2.05, 4.69) is 5.32 Å². The molecule has 106 valence electrons. The van der Waals surface area contributed by atoms with Crippen LogP contribution in [0.1, 0.15) is 9.67 Å². The highest BCUT2D eigenvalue weighted by Crippen LogP contribution is 2.28. The van der Waals surface area contributed by atoms with E-state index in [-0.39, 0.29) is 17.2 Å². The average molecular weight is 304 g/mol. The first-order valence-corrected chi connectivity index (χ1v) is 6.90. The summed E-state index contributed by atoms with van der Waals surface area (Å²) in [5.41, 5.74) is 6.17. The topological polar surface area (TPSA) is 55.1 Å². The van der Waals surface area contributed by atoms with Crippen molar-refractivity contribution in [1.82, 2.24) is 0 Å². The van der Waals surface area contributed by atoms with Crippen LogP contribution in [0, 0.1) is 11.6 Å². The van der Waals surface area contributed by atoms with Crippen molar-refractivity contribution < 1.29 is 13.6 Å². The molecular weight excluding hydrogens is 294 g/mol. The molecule has 1 aromatic heterocycles. The molecule has 3 rings (SSSR count). The number of carbonyl (C=O) groups excluding carboxylic acids is 1. The highest BCUT2D eigenvalue weighted by molar-refractivity contribution is 7.20. The number of anilines is 2. The molecule has 0 spiro atoms. The predicted octanol–water partition coefficient (Wildman–Crippen LogP) is 4.01. The predicted molar refractivity (Wildman–Crippen MR) is 80.5 cm³/mol. The van der Waals surface area contributed by atoms with Gasteiger partial charge >= 0.3 is 0 Å². The zero-order valence-corrected chi connectivity index (χ0v) is 11.5. The second-order valence-electron chi connectivity index (χ2n) is 4.48. The SMILES string of the molecule is Nc1ccc(F)cc1NC(=O)c1cc2ccc(F)cc2s1. The summed E-state index contributed by atoms with van der Waals surface area (Å²) in [6, 6.07) is 9.71. The number of carbonyl (C=O) groups is 1. The summed E-state index contributed by atoms with van der Waals surface area (Å²) < 4.78 is 27.0. The van der Waals surface area contributed by atoms with Gasteiger partial charge in [0.2, 0.25) is 0 Å². The summed E-state index contributed by atoms with van der Waals surface area (Å²) in [4.78, 5) is 12.6. The number of hydrogen-bond donors (Lipinski definition) is 2. The summed E-state index contributed by atoms with van der Waals surface area (Å²) >= 11 is 1.16. The molecule has 0 radical (unpaired) electrons. The van der Waals surface area contributed by atoms with Gasteiger partial charge in [-0.3, -0.25) is 4.79 Å². The first kappa shape index (κ1) is 13.5. The molecular formula is C15H10F2N2OS. The van der Waals surface area contributed by atoms with E-state index in [1.54, 1.807) is 12.1 Å². The number of hydrogen-bond acceptors (Lipinski definition) is 3. The lowest BCUT2D eigenvalue weighted by Crippen LogP contribution is -2.11. The lowest BCUT2D eigenvalue weighted by Gasteiger charge is -2.06. The van der Waals surface area contributed by atoms with Gasteiger partial charge in [0.1, 0.15) is 11.6 Å². The van der Waals surface area contributed by atoms with E-state index in [9.17, 15) is 13.6 Å². The molecule has 0 aliphatic carbocycles. The van der Waals surface area contributed by atoms with Gasteiger partial charge in [-0.05, 0) is 41.8 Å². The Hall–Kier alpha value is -2.47. The van der Waals surface area contributed by atoms with Crippen LogP contribution in [0.15, 0.2) is 42.5 Å². The summed E-state index contributed by atoms with van der Waals surface area (Å²) in [6.45, 7) is 0. The minimum Gasteiger partial charge on any atom is -0.397 e. The van der Waals surface area contributed by atoms with Crippen LogP contribution >= 0.6 is 11.3 Å². The van der Waals surface area contributed by atoms with Crippen molar-refractivity contribution in [2.45, 2.75) is 0 Å². The standard InChI is InChI=1S/C15H10F2N2OS/c16-9-3-4-11(18)12(6-9)19-15(20)14-5-8-1-2-10(17)7-13(8)21-14/h1-7H,18H2,(H,19,20). The normalized spacial score (nSPS) is 10.8. The zero-order valence-electron chi connectivity index (χ0n) is 10.7. The molecule has 0 atom stereocenters. The number of rotatable bonds is 2. The number of thiophene rings is 1. The number of halogens is 2. The van der Waals surface area contributed by atoms with Crippen molar-refractivity contribution in [2.75, 3.05) is 11.1 Å². The Morgan fingerprint density at radius 2 is 1.76 bits per heavy atom. The molecule has 2 aromatic carbocycles. The largest absolute Gasteiger partial charge is 0.397 e. The van der Waals surface area contributed by atoms with E-state index in [4.69, 9.17) is 5.73 Å². The first-order chi connectivity index (χ1) is 10.0. The van der Waals surface area contributed by atoms with Crippen molar-refractivity contribution in [2.24, 2.45) is 0 Å². The Kier molecular flexibility index (Phi) is 3.31. The van der Waals surface area contributed by atoms with E-state index in [1.807, 2.05) is 0 Å². The number of fused-ring (bicyclic) bond motifs is 1. The monoisotopic (exact) mass is 304 g/mol. The van der Waals surface area contributed by atoms with E-state index in [0.29, 0.717) is 9.58 Å². The van der Waals surface area contributed by atoms with Gasteiger partial charge in [-0.15, -0.1) is 11.3 Å². The third kappa shape index (κ3) is 2.71. The molecule has 0 bridgehead atoms. The molecule has 3 nitrogen and oxygen atoms in total. The molecule has 0 saturated heterocycles. The van der Waals surface area contributed by atoms with Gasteiger partial charge in [0.05, 0.1) is 16.3 Å². The highest BCUT2D eigenvalue weighted by Gasteiger charge is 2.12. The van der Waals surface area contributed by atoms with Gasteiger partial charge in [0, 0.05) is 4.70 Å². The maximum atomic E-state index is 13.2. The molecule has 0 aliphatic heterocycles. The maximum absolute atomic E-state index is 13.2. The molecule has 0 fully saturated rings. The average Bonchev–Trinajstić information content (AvgIpc) is 2.86. The van der Waals surface area contributed by atoms with Gasteiger partial charge in [-0.2, -0.15) is 0 Å². The van der Waals surface area contributed by atoms with Gasteiger partial charge in [0.15, 0.2) is 0 Å². The fourth-order valence-corrected chi connectivity index (χ4v) is 2.92. The Labute approximate surface area is 123 Å². The molecule has 6 heteroatoms. The van der Waals surface area contributed by atoms with Crippen molar-refractivity contribution in [3.63, 3.8) is 0 Å². The number of nitrogen functional groups attached to an aromatic ring is 1. The van der Waals surface area contributed by atoms with E-state index in [1.165, 1.54) is 24.3 Å². The second-order valence-corrected chi connectivity index (χ2v) is 5.56. The van der Waals surface area contributed by atoms with E-state index < -0.39 is 11.7 Å². The van der Waals surface area contributed by atoms with Crippen LogP contribution in [0.25, 0.3) is 10.1 Å². The van der Waals surface area contributed by atoms with Crippen LogP contribution in [0.2, 0.25) is 0 Å². The van der Waals surface area contributed by atoms with Crippen molar-refractivity contribution in [3.8, 4) is 0 Å². The Morgan fingerprint density at radius 1 is 1.05 bits per heavy atom. The van der Waals surface area contributed by atoms with Crippen LogP contribution in [0.3, 0.4) is 0 Å². The Balaban J connectivity index is 1.91. The van der Waals surface area contributed by atoms with Gasteiger partial charge in [-0.1, -0.05) is 6.07 Å². The lowest BCUT2D eigenvalue weighted by atomic mass is 10.2. The minimum absolute atomic E-state index is 0.212. The number of benzene rings is 2. The molecule has 1 amide bonds. The molecule has 1 heterocycles. The third-order valence-electron chi connectivity index (χ3n) is 2.97. The minimum atomic E-state index is -0.488. The molecule has 0 aliphatic rings. The number of nitrogens with one attached hydrogen (secondary N) is 1. The van der Waals surface area contributed by atoms with Crippen molar-refractivity contribution >= 4 is 38.7 Å². The van der Waals surface area contributed by atoms with E-state index in [0.717, 1.165) is 22.8 Å². The quantitative estimate of drug-likeness (QED) is 0.703. The van der Waals surface area contributed by atoms with Crippen LogP contribution < -0.4 is 11.1 Å². The van der Waals surface area contributed by atoms with Gasteiger partial charge in [-0.25, -0.2) is 8.78 Å². The fraction of sp³-hybridized carbons (Fsp3) is 0. The van der Waals surface area contributed by atoms with Crippen LogP contribution in [-0.4, -0.2) is 5.91 Å². The first-order valence-electron chi connectivity index (χ1n) is 6.08. The van der Waals surface area contributed by atoms with Crippen LogP contribution in [-0.2, 0) is 0 Å². The van der Waals surface area contributed by atoms with Crippen LogP contribution in [0.5, 0.6) is 0 Å². The van der Waals surface area contributed by atoms with Gasteiger partial charge in [0.25, 0.3) is 5.91 Å². The zero-order chi connectivity index (χ0) is 15.0. The number of nitrogens with two attached hydrogens (primary N) is 1. The lowest BCUT2D eigenvalue weighted by molar-refractivity contribution is 0.103. The smallest absolute Gasteiger partial charge is 0.265 e. The summed E-state index contributed by atoms with van der Waals surface area (Å²) in [5.74, 6) is -1.25. The summed E-state index contributed by atoms with van der Waals surface area (Å²) in [5, 5.41) is 3.33. The molecule has 3 N–H and O–H groups in total.